The van der Waals surface area contributed by atoms with Crippen molar-refractivity contribution in [3.63, 3.8) is 0 Å². The topological polar surface area (TPSA) is 41.1 Å². The van der Waals surface area contributed by atoms with Crippen LogP contribution in [0.25, 0.3) is 0 Å². The van der Waals surface area contributed by atoms with Gasteiger partial charge in [0.1, 0.15) is 0 Å². The van der Waals surface area contributed by atoms with Gasteiger partial charge in [0.2, 0.25) is 5.91 Å². The summed E-state index contributed by atoms with van der Waals surface area (Å²) >= 11 is 3.04. The molecule has 3 nitrogen and oxygen atoms in total. The van der Waals surface area contributed by atoms with Crippen molar-refractivity contribution in [2.75, 3.05) is 11.9 Å². The molecule has 2 rings (SSSR count). The Kier molecular flexibility index (Phi) is 4.03. The molecule has 0 spiro atoms. The number of hydrogen-bond donors (Lipinski definition) is 2. The lowest BCUT2D eigenvalue weighted by atomic mass is 10.1. The highest BCUT2D eigenvalue weighted by molar-refractivity contribution is 9.10. The zero-order chi connectivity index (χ0) is 14.0. The molecular formula is C12H12BrF3N2O. The predicted octanol–water partition coefficient (Wildman–Crippen LogP) is 3.16. The third-order valence-corrected chi connectivity index (χ3v) is 3.41. The SMILES string of the molecule is O=C1CCC(Nc2ccc(Br)cc2C(F)(F)F)CN1. The van der Waals surface area contributed by atoms with E-state index in [1.165, 1.54) is 6.07 Å². The number of halogens is 4. The summed E-state index contributed by atoms with van der Waals surface area (Å²) < 4.78 is 39.1. The van der Waals surface area contributed by atoms with Gasteiger partial charge in [0.15, 0.2) is 0 Å². The second-order valence-electron chi connectivity index (χ2n) is 4.37. The monoisotopic (exact) mass is 336 g/mol. The molecule has 1 aromatic rings. The first-order valence-electron chi connectivity index (χ1n) is 5.76. The average Bonchev–Trinajstić information content (AvgIpc) is 2.33. The molecule has 0 aromatic heterocycles. The summed E-state index contributed by atoms with van der Waals surface area (Å²) in [6.45, 7) is 0.339. The van der Waals surface area contributed by atoms with Gasteiger partial charge in [-0.15, -0.1) is 0 Å². The van der Waals surface area contributed by atoms with E-state index in [9.17, 15) is 18.0 Å². The van der Waals surface area contributed by atoms with Crippen molar-refractivity contribution >= 4 is 27.5 Å². The smallest absolute Gasteiger partial charge is 0.380 e. The molecule has 1 atom stereocenters. The molecule has 7 heteroatoms. The van der Waals surface area contributed by atoms with E-state index in [0.717, 1.165) is 6.07 Å². The van der Waals surface area contributed by atoms with E-state index >= 15 is 0 Å². The summed E-state index contributed by atoms with van der Waals surface area (Å²) in [5.41, 5.74) is -0.671. The van der Waals surface area contributed by atoms with Gasteiger partial charge in [0.05, 0.1) is 5.56 Å². The summed E-state index contributed by atoms with van der Waals surface area (Å²) in [4.78, 5) is 11.0. The first kappa shape index (κ1) is 14.2. The van der Waals surface area contributed by atoms with Crippen molar-refractivity contribution in [3.8, 4) is 0 Å². The Morgan fingerprint density at radius 2 is 2.11 bits per heavy atom. The van der Waals surface area contributed by atoms with Crippen molar-refractivity contribution in [2.24, 2.45) is 0 Å². The van der Waals surface area contributed by atoms with Gasteiger partial charge in [-0.2, -0.15) is 13.2 Å². The maximum Gasteiger partial charge on any atom is 0.418 e. The Hall–Kier alpha value is -1.24. The number of anilines is 1. The highest BCUT2D eigenvalue weighted by atomic mass is 79.9. The third-order valence-electron chi connectivity index (χ3n) is 2.91. The van der Waals surface area contributed by atoms with Crippen LogP contribution in [0.1, 0.15) is 18.4 Å². The predicted molar refractivity (Wildman–Crippen MR) is 68.8 cm³/mol. The number of benzene rings is 1. The van der Waals surface area contributed by atoms with Crippen LogP contribution in [0.15, 0.2) is 22.7 Å². The third kappa shape index (κ3) is 3.62. The summed E-state index contributed by atoms with van der Waals surface area (Å²) in [7, 11) is 0. The van der Waals surface area contributed by atoms with Crippen LogP contribution in [-0.4, -0.2) is 18.5 Å². The summed E-state index contributed by atoms with van der Waals surface area (Å²) in [6, 6.07) is 3.81. The molecule has 1 aliphatic heterocycles. The van der Waals surface area contributed by atoms with Crippen LogP contribution >= 0.6 is 15.9 Å². The lowest BCUT2D eigenvalue weighted by Crippen LogP contribution is -2.42. The second-order valence-corrected chi connectivity index (χ2v) is 5.29. The number of hydrogen-bond acceptors (Lipinski definition) is 2. The average molecular weight is 337 g/mol. The van der Waals surface area contributed by atoms with Gasteiger partial charge in [0.25, 0.3) is 0 Å². The molecule has 1 aliphatic rings. The fraction of sp³-hybridized carbons (Fsp3) is 0.417. The van der Waals surface area contributed by atoms with E-state index in [4.69, 9.17) is 0 Å². The minimum Gasteiger partial charge on any atom is -0.380 e. The van der Waals surface area contributed by atoms with Crippen LogP contribution in [0, 0.1) is 0 Å². The number of amides is 1. The van der Waals surface area contributed by atoms with E-state index < -0.39 is 11.7 Å². The normalized spacial score (nSPS) is 20.0. The minimum absolute atomic E-state index is 0.0387. The van der Waals surface area contributed by atoms with Gasteiger partial charge >= 0.3 is 6.18 Å². The molecule has 1 heterocycles. The molecule has 0 radical (unpaired) electrons. The number of rotatable bonds is 2. The van der Waals surface area contributed by atoms with Crippen molar-refractivity contribution in [1.82, 2.24) is 5.32 Å². The first-order chi connectivity index (χ1) is 8.86. The lowest BCUT2D eigenvalue weighted by molar-refractivity contribution is -0.137. The van der Waals surface area contributed by atoms with Gasteiger partial charge in [-0.1, -0.05) is 15.9 Å². The van der Waals surface area contributed by atoms with Crippen LogP contribution < -0.4 is 10.6 Å². The van der Waals surface area contributed by atoms with Crippen LogP contribution in [0.2, 0.25) is 0 Å². The summed E-state index contributed by atoms with van der Waals surface area (Å²) in [6.07, 6.45) is -3.56. The molecule has 104 valence electrons. The van der Waals surface area contributed by atoms with Crippen LogP contribution in [-0.2, 0) is 11.0 Å². The van der Waals surface area contributed by atoms with E-state index in [-0.39, 0.29) is 17.6 Å². The number of piperidine rings is 1. The number of alkyl halides is 3. The molecule has 1 aromatic carbocycles. The van der Waals surface area contributed by atoms with Crippen molar-refractivity contribution in [2.45, 2.75) is 25.1 Å². The highest BCUT2D eigenvalue weighted by Gasteiger charge is 2.34. The number of carbonyl (C=O) groups excluding carboxylic acids is 1. The van der Waals surface area contributed by atoms with Gasteiger partial charge in [-0.3, -0.25) is 4.79 Å². The maximum absolute atomic E-state index is 12.9. The molecule has 0 saturated carbocycles. The molecule has 1 unspecified atom stereocenters. The quantitative estimate of drug-likeness (QED) is 0.871. The molecule has 2 N–H and O–H groups in total. The molecule has 19 heavy (non-hydrogen) atoms. The zero-order valence-corrected chi connectivity index (χ0v) is 11.4. The fourth-order valence-electron chi connectivity index (χ4n) is 1.95. The lowest BCUT2D eigenvalue weighted by Gasteiger charge is -2.26. The van der Waals surface area contributed by atoms with E-state index in [1.807, 2.05) is 0 Å². The molecule has 1 saturated heterocycles. The minimum atomic E-state index is -4.41. The zero-order valence-electron chi connectivity index (χ0n) is 9.85. The van der Waals surface area contributed by atoms with Crippen LogP contribution in [0.5, 0.6) is 0 Å². The second kappa shape index (κ2) is 5.40. The van der Waals surface area contributed by atoms with E-state index in [1.54, 1.807) is 6.07 Å². The van der Waals surface area contributed by atoms with Crippen LogP contribution in [0.4, 0.5) is 18.9 Å². The van der Waals surface area contributed by atoms with E-state index in [0.29, 0.717) is 23.9 Å². The number of carbonyl (C=O) groups is 1. The van der Waals surface area contributed by atoms with Gasteiger partial charge in [-0.25, -0.2) is 0 Å². The fourth-order valence-corrected chi connectivity index (χ4v) is 2.31. The van der Waals surface area contributed by atoms with Gasteiger partial charge < -0.3 is 10.6 Å². The molecule has 1 amide bonds. The Morgan fingerprint density at radius 1 is 1.37 bits per heavy atom. The van der Waals surface area contributed by atoms with Crippen molar-refractivity contribution in [1.29, 1.82) is 0 Å². The van der Waals surface area contributed by atoms with Gasteiger partial charge in [0, 0.05) is 29.2 Å². The molecule has 0 aliphatic carbocycles. The Morgan fingerprint density at radius 3 is 2.68 bits per heavy atom. The molecular weight excluding hydrogens is 325 g/mol. The number of nitrogens with one attached hydrogen (secondary N) is 2. The summed E-state index contributed by atoms with van der Waals surface area (Å²) in [5.74, 6) is -0.0649. The van der Waals surface area contributed by atoms with Crippen molar-refractivity contribution < 1.29 is 18.0 Å². The Labute approximate surface area is 116 Å². The van der Waals surface area contributed by atoms with E-state index in [2.05, 4.69) is 26.6 Å². The van der Waals surface area contributed by atoms with Crippen molar-refractivity contribution in [3.05, 3.63) is 28.2 Å². The van der Waals surface area contributed by atoms with Crippen LogP contribution in [0.3, 0.4) is 0 Å². The Bertz CT molecular complexity index is 480. The molecule has 1 fully saturated rings. The largest absolute Gasteiger partial charge is 0.418 e. The standard InChI is InChI=1S/C12H12BrF3N2O/c13-7-1-3-10(9(5-7)12(14,15)16)18-8-2-4-11(19)17-6-8/h1,3,5,8,18H,2,4,6H2,(H,17,19). The Balaban J connectivity index is 2.18. The maximum atomic E-state index is 12.9. The van der Waals surface area contributed by atoms with Gasteiger partial charge in [-0.05, 0) is 24.6 Å². The highest BCUT2D eigenvalue weighted by Crippen LogP contribution is 2.37. The molecule has 0 bridgehead atoms. The summed E-state index contributed by atoms with van der Waals surface area (Å²) in [5, 5.41) is 5.48. The first-order valence-corrected chi connectivity index (χ1v) is 6.55.